The SMILES string of the molecule is CCC(Oc1ccc([C@H](O)CC)cc1)C(=O)O. The predicted octanol–water partition coefficient (Wildman–Crippen LogP) is 2.37. The van der Waals surface area contributed by atoms with Crippen molar-refractivity contribution in [2.45, 2.75) is 38.9 Å². The average molecular weight is 238 g/mol. The molecule has 2 atom stereocenters. The molecule has 1 aromatic carbocycles. The Labute approximate surface area is 101 Å². The first-order chi connectivity index (χ1) is 8.08. The molecule has 94 valence electrons. The fourth-order valence-electron chi connectivity index (χ4n) is 1.48. The Hall–Kier alpha value is -1.55. The van der Waals surface area contributed by atoms with E-state index in [-0.39, 0.29) is 0 Å². The lowest BCUT2D eigenvalue weighted by Crippen LogP contribution is -2.25. The van der Waals surface area contributed by atoms with Crippen molar-refractivity contribution >= 4 is 5.97 Å². The van der Waals surface area contributed by atoms with Crippen LogP contribution >= 0.6 is 0 Å². The molecule has 4 nitrogen and oxygen atoms in total. The second-order valence-corrected chi connectivity index (χ2v) is 3.85. The van der Waals surface area contributed by atoms with Gasteiger partial charge in [0.2, 0.25) is 0 Å². The number of carboxylic acid groups (broad SMARTS) is 1. The fourth-order valence-corrected chi connectivity index (χ4v) is 1.48. The number of hydrogen-bond donors (Lipinski definition) is 2. The second kappa shape index (κ2) is 6.25. The molecular weight excluding hydrogens is 220 g/mol. The van der Waals surface area contributed by atoms with Crippen molar-refractivity contribution in [1.29, 1.82) is 0 Å². The number of carboxylic acids is 1. The van der Waals surface area contributed by atoms with E-state index in [9.17, 15) is 9.90 Å². The summed E-state index contributed by atoms with van der Waals surface area (Å²) in [5, 5.41) is 18.5. The van der Waals surface area contributed by atoms with Gasteiger partial charge in [0, 0.05) is 0 Å². The monoisotopic (exact) mass is 238 g/mol. The molecule has 0 heterocycles. The molecule has 0 saturated carbocycles. The summed E-state index contributed by atoms with van der Waals surface area (Å²) in [4.78, 5) is 10.8. The summed E-state index contributed by atoms with van der Waals surface area (Å²) in [6.45, 7) is 3.65. The third-order valence-corrected chi connectivity index (χ3v) is 2.58. The lowest BCUT2D eigenvalue weighted by molar-refractivity contribution is -0.145. The molecule has 0 fully saturated rings. The minimum absolute atomic E-state index is 0.411. The van der Waals surface area contributed by atoms with Crippen LogP contribution in [0.3, 0.4) is 0 Å². The number of ether oxygens (including phenoxy) is 1. The van der Waals surface area contributed by atoms with Gasteiger partial charge in [-0.1, -0.05) is 26.0 Å². The smallest absolute Gasteiger partial charge is 0.344 e. The maximum absolute atomic E-state index is 10.8. The van der Waals surface area contributed by atoms with Gasteiger partial charge < -0.3 is 14.9 Å². The maximum atomic E-state index is 10.8. The standard InChI is InChI=1S/C13H18O4/c1-3-11(14)9-5-7-10(8-6-9)17-12(4-2)13(15)16/h5-8,11-12,14H,3-4H2,1-2H3,(H,15,16)/t11-,12?/m1/s1. The third-order valence-electron chi connectivity index (χ3n) is 2.58. The van der Waals surface area contributed by atoms with E-state index in [0.717, 1.165) is 5.56 Å². The topological polar surface area (TPSA) is 66.8 Å². The molecule has 2 N–H and O–H groups in total. The van der Waals surface area contributed by atoms with Gasteiger partial charge >= 0.3 is 5.97 Å². The van der Waals surface area contributed by atoms with E-state index in [1.807, 2.05) is 6.92 Å². The zero-order valence-electron chi connectivity index (χ0n) is 10.1. The van der Waals surface area contributed by atoms with Crippen LogP contribution in [0.25, 0.3) is 0 Å². The number of aliphatic hydroxyl groups is 1. The molecule has 1 rings (SSSR count). The van der Waals surface area contributed by atoms with Crippen LogP contribution in [0.5, 0.6) is 5.75 Å². The number of carbonyl (C=O) groups is 1. The first-order valence-electron chi connectivity index (χ1n) is 5.76. The van der Waals surface area contributed by atoms with Crippen LogP contribution in [-0.4, -0.2) is 22.3 Å². The Morgan fingerprint density at radius 1 is 1.24 bits per heavy atom. The molecule has 17 heavy (non-hydrogen) atoms. The molecule has 0 aliphatic carbocycles. The largest absolute Gasteiger partial charge is 0.479 e. The van der Waals surface area contributed by atoms with Crippen LogP contribution in [0.4, 0.5) is 0 Å². The van der Waals surface area contributed by atoms with Crippen molar-refractivity contribution in [3.05, 3.63) is 29.8 Å². The molecule has 0 spiro atoms. The molecule has 0 aliphatic rings. The molecule has 1 aromatic rings. The van der Waals surface area contributed by atoms with Crippen LogP contribution < -0.4 is 4.74 Å². The van der Waals surface area contributed by atoms with E-state index in [4.69, 9.17) is 9.84 Å². The highest BCUT2D eigenvalue weighted by Gasteiger charge is 2.16. The Balaban J connectivity index is 2.71. The predicted molar refractivity (Wildman–Crippen MR) is 64.0 cm³/mol. The minimum atomic E-state index is -0.967. The molecule has 0 radical (unpaired) electrons. The van der Waals surface area contributed by atoms with Crippen LogP contribution in [-0.2, 0) is 4.79 Å². The van der Waals surface area contributed by atoms with E-state index in [1.165, 1.54) is 0 Å². The molecule has 4 heteroatoms. The summed E-state index contributed by atoms with van der Waals surface area (Å²) < 4.78 is 5.31. The summed E-state index contributed by atoms with van der Waals surface area (Å²) in [7, 11) is 0. The van der Waals surface area contributed by atoms with Gasteiger partial charge in [-0.25, -0.2) is 4.79 Å². The van der Waals surface area contributed by atoms with E-state index >= 15 is 0 Å². The molecule has 0 bridgehead atoms. The van der Waals surface area contributed by atoms with Gasteiger partial charge in [-0.3, -0.25) is 0 Å². The molecule has 0 saturated heterocycles. The molecule has 1 unspecified atom stereocenters. The molecular formula is C13H18O4. The maximum Gasteiger partial charge on any atom is 0.344 e. The van der Waals surface area contributed by atoms with Crippen molar-refractivity contribution in [3.8, 4) is 5.75 Å². The van der Waals surface area contributed by atoms with E-state index in [0.29, 0.717) is 18.6 Å². The van der Waals surface area contributed by atoms with Gasteiger partial charge in [-0.05, 0) is 30.5 Å². The highest BCUT2D eigenvalue weighted by atomic mass is 16.5. The Morgan fingerprint density at radius 3 is 2.24 bits per heavy atom. The van der Waals surface area contributed by atoms with Crippen LogP contribution in [0, 0.1) is 0 Å². The van der Waals surface area contributed by atoms with Crippen molar-refractivity contribution in [2.75, 3.05) is 0 Å². The lowest BCUT2D eigenvalue weighted by Gasteiger charge is -2.14. The number of rotatable bonds is 6. The van der Waals surface area contributed by atoms with Crippen molar-refractivity contribution < 1.29 is 19.7 Å². The summed E-state index contributed by atoms with van der Waals surface area (Å²) in [6.07, 6.45) is -0.246. The highest BCUT2D eigenvalue weighted by molar-refractivity contribution is 5.72. The van der Waals surface area contributed by atoms with E-state index in [1.54, 1.807) is 31.2 Å². The van der Waals surface area contributed by atoms with Gasteiger partial charge in [0.25, 0.3) is 0 Å². The van der Waals surface area contributed by atoms with Crippen LogP contribution in [0.2, 0.25) is 0 Å². The average Bonchev–Trinajstić information content (AvgIpc) is 2.35. The molecule has 0 aliphatic heterocycles. The van der Waals surface area contributed by atoms with Crippen LogP contribution in [0.15, 0.2) is 24.3 Å². The molecule has 0 aromatic heterocycles. The first kappa shape index (κ1) is 13.5. The number of benzene rings is 1. The van der Waals surface area contributed by atoms with Gasteiger partial charge in [0.05, 0.1) is 6.10 Å². The van der Waals surface area contributed by atoms with Gasteiger partial charge in [0.15, 0.2) is 6.10 Å². The van der Waals surface area contributed by atoms with E-state index < -0.39 is 18.2 Å². The third kappa shape index (κ3) is 3.75. The quantitative estimate of drug-likeness (QED) is 0.798. The number of aliphatic carboxylic acids is 1. The molecule has 0 amide bonds. The highest BCUT2D eigenvalue weighted by Crippen LogP contribution is 2.20. The zero-order chi connectivity index (χ0) is 12.8. The lowest BCUT2D eigenvalue weighted by atomic mass is 10.1. The Kier molecular flexibility index (Phi) is 4.97. The van der Waals surface area contributed by atoms with Crippen molar-refractivity contribution in [3.63, 3.8) is 0 Å². The second-order valence-electron chi connectivity index (χ2n) is 3.85. The van der Waals surface area contributed by atoms with E-state index in [2.05, 4.69) is 0 Å². The summed E-state index contributed by atoms with van der Waals surface area (Å²) >= 11 is 0. The minimum Gasteiger partial charge on any atom is -0.479 e. The summed E-state index contributed by atoms with van der Waals surface area (Å²) in [6, 6.07) is 6.86. The zero-order valence-corrected chi connectivity index (χ0v) is 10.1. The van der Waals surface area contributed by atoms with Crippen molar-refractivity contribution in [1.82, 2.24) is 0 Å². The number of hydrogen-bond acceptors (Lipinski definition) is 3. The summed E-state index contributed by atoms with van der Waals surface area (Å²) in [5.74, 6) is -0.462. The fraction of sp³-hybridized carbons (Fsp3) is 0.462. The van der Waals surface area contributed by atoms with Crippen LogP contribution in [0.1, 0.15) is 38.4 Å². The van der Waals surface area contributed by atoms with Crippen molar-refractivity contribution in [2.24, 2.45) is 0 Å². The summed E-state index contributed by atoms with van der Waals surface area (Å²) in [5.41, 5.74) is 0.809. The first-order valence-corrected chi connectivity index (χ1v) is 5.76. The van der Waals surface area contributed by atoms with Gasteiger partial charge in [-0.2, -0.15) is 0 Å². The normalized spacial score (nSPS) is 14.1. The van der Waals surface area contributed by atoms with Gasteiger partial charge in [0.1, 0.15) is 5.75 Å². The van der Waals surface area contributed by atoms with Gasteiger partial charge in [-0.15, -0.1) is 0 Å². The Bertz CT molecular complexity index is 358. The number of aliphatic hydroxyl groups excluding tert-OH is 1. The Morgan fingerprint density at radius 2 is 1.82 bits per heavy atom.